The molecule has 2 heteroatoms. The fourth-order valence-corrected chi connectivity index (χ4v) is 2.51. The normalized spacial score (nSPS) is 35.1. The summed E-state index contributed by atoms with van der Waals surface area (Å²) < 4.78 is 0. The minimum atomic E-state index is 0.590. The van der Waals surface area contributed by atoms with Crippen LogP contribution in [0.1, 0.15) is 33.1 Å². The number of hydrogen-bond acceptors (Lipinski definition) is 2. The smallest absolute Gasteiger partial charge is 0.0345 e. The van der Waals surface area contributed by atoms with E-state index in [0.29, 0.717) is 5.54 Å². The van der Waals surface area contributed by atoms with Gasteiger partial charge >= 0.3 is 0 Å². The lowest BCUT2D eigenvalue weighted by Gasteiger charge is -2.55. The van der Waals surface area contributed by atoms with Gasteiger partial charge in [0.2, 0.25) is 0 Å². The molecule has 0 aromatic heterocycles. The van der Waals surface area contributed by atoms with E-state index in [9.17, 15) is 0 Å². The van der Waals surface area contributed by atoms with Gasteiger partial charge in [-0.05, 0) is 39.9 Å². The molecule has 2 saturated heterocycles. The lowest BCUT2D eigenvalue weighted by atomic mass is 9.78. The second-order valence-corrected chi connectivity index (χ2v) is 4.24. The van der Waals surface area contributed by atoms with Crippen molar-refractivity contribution in [3.8, 4) is 0 Å². The van der Waals surface area contributed by atoms with E-state index in [2.05, 4.69) is 23.9 Å². The maximum absolute atomic E-state index is 2.53. The highest BCUT2D eigenvalue weighted by Gasteiger charge is 2.43. The Kier molecular flexibility index (Phi) is 3.74. The fraction of sp³-hybridized carbons (Fsp3) is 1.00. The fourth-order valence-electron chi connectivity index (χ4n) is 2.51. The summed E-state index contributed by atoms with van der Waals surface area (Å²) in [6.45, 7) is 7.91. The number of rotatable bonds is 0. The molecule has 0 bridgehead atoms. The topological polar surface area (TPSA) is 6.48 Å². The van der Waals surface area contributed by atoms with E-state index in [1.807, 2.05) is 13.8 Å². The molecule has 0 radical (unpaired) electrons. The van der Waals surface area contributed by atoms with Crippen LogP contribution in [0, 0.1) is 0 Å². The molecule has 2 heterocycles. The summed E-state index contributed by atoms with van der Waals surface area (Å²) in [6.07, 6.45) is 4.24. The van der Waals surface area contributed by atoms with E-state index in [-0.39, 0.29) is 0 Å². The van der Waals surface area contributed by atoms with E-state index in [4.69, 9.17) is 0 Å². The lowest BCUT2D eigenvalue weighted by Crippen LogP contribution is -2.64. The van der Waals surface area contributed by atoms with Gasteiger partial charge in [0.05, 0.1) is 0 Å². The average molecular weight is 184 g/mol. The highest BCUT2D eigenvalue weighted by atomic mass is 15.3. The van der Waals surface area contributed by atoms with Crippen molar-refractivity contribution in [1.82, 2.24) is 9.80 Å². The second kappa shape index (κ2) is 4.43. The molecule has 0 aromatic rings. The average Bonchev–Trinajstić information content (AvgIpc) is 2.19. The van der Waals surface area contributed by atoms with Crippen LogP contribution in [0.15, 0.2) is 0 Å². The quantitative estimate of drug-likeness (QED) is 0.566. The summed E-state index contributed by atoms with van der Waals surface area (Å²) in [7, 11) is 4.51. The van der Waals surface area contributed by atoms with Gasteiger partial charge in [-0.25, -0.2) is 0 Å². The van der Waals surface area contributed by atoms with Crippen molar-refractivity contribution in [2.24, 2.45) is 0 Å². The van der Waals surface area contributed by atoms with Crippen LogP contribution < -0.4 is 0 Å². The molecule has 0 saturated carbocycles. The maximum Gasteiger partial charge on any atom is 0.0345 e. The Labute approximate surface area is 82.9 Å². The Bertz CT molecular complexity index is 158. The molecule has 13 heavy (non-hydrogen) atoms. The van der Waals surface area contributed by atoms with Gasteiger partial charge in [-0.1, -0.05) is 13.8 Å². The summed E-state index contributed by atoms with van der Waals surface area (Å²) in [4.78, 5) is 5.00. The summed E-state index contributed by atoms with van der Waals surface area (Å²) in [5.74, 6) is 0. The standard InChI is InChI=1S/C9H18N2.C2H6/c1-10-6-3-4-9(8-10)5-7-11(9)2;1-2/h3-8H2,1-2H3;1-2H3. The Balaban J connectivity index is 0.000000396. The van der Waals surface area contributed by atoms with Crippen LogP contribution in [-0.4, -0.2) is 49.1 Å². The lowest BCUT2D eigenvalue weighted by molar-refractivity contribution is -0.0411. The van der Waals surface area contributed by atoms with Crippen molar-refractivity contribution in [3.63, 3.8) is 0 Å². The first-order valence-electron chi connectivity index (χ1n) is 5.63. The number of likely N-dealkylation sites (tertiary alicyclic amines) is 2. The van der Waals surface area contributed by atoms with E-state index in [1.54, 1.807) is 0 Å². The molecule has 1 atom stereocenters. The van der Waals surface area contributed by atoms with Gasteiger partial charge < -0.3 is 4.90 Å². The third-order valence-corrected chi connectivity index (χ3v) is 3.47. The summed E-state index contributed by atoms with van der Waals surface area (Å²) in [5.41, 5.74) is 0.590. The first-order chi connectivity index (χ1) is 6.23. The largest absolute Gasteiger partial charge is 0.305 e. The molecule has 0 N–H and O–H groups in total. The molecule has 1 unspecified atom stereocenters. The highest BCUT2D eigenvalue weighted by molar-refractivity contribution is 5.01. The predicted molar refractivity (Wildman–Crippen MR) is 58.1 cm³/mol. The Morgan fingerprint density at radius 1 is 1.00 bits per heavy atom. The highest BCUT2D eigenvalue weighted by Crippen LogP contribution is 2.36. The predicted octanol–water partition coefficient (Wildman–Crippen LogP) is 1.81. The molecular weight excluding hydrogens is 160 g/mol. The van der Waals surface area contributed by atoms with Crippen molar-refractivity contribution < 1.29 is 0 Å². The number of piperidine rings is 1. The van der Waals surface area contributed by atoms with Crippen LogP contribution in [0.2, 0.25) is 0 Å². The summed E-state index contributed by atoms with van der Waals surface area (Å²) in [6, 6.07) is 0. The zero-order valence-corrected chi connectivity index (χ0v) is 9.64. The van der Waals surface area contributed by atoms with Gasteiger partial charge in [0.15, 0.2) is 0 Å². The Morgan fingerprint density at radius 2 is 1.69 bits per heavy atom. The third-order valence-electron chi connectivity index (χ3n) is 3.47. The zero-order chi connectivity index (χ0) is 9.90. The van der Waals surface area contributed by atoms with Crippen LogP contribution in [0.5, 0.6) is 0 Å². The van der Waals surface area contributed by atoms with Gasteiger partial charge in [-0.15, -0.1) is 0 Å². The first kappa shape index (κ1) is 11.0. The van der Waals surface area contributed by atoms with Gasteiger partial charge in [-0.2, -0.15) is 0 Å². The first-order valence-corrected chi connectivity index (χ1v) is 5.63. The van der Waals surface area contributed by atoms with Gasteiger partial charge in [0.1, 0.15) is 0 Å². The van der Waals surface area contributed by atoms with E-state index < -0.39 is 0 Å². The van der Waals surface area contributed by atoms with Crippen molar-refractivity contribution in [3.05, 3.63) is 0 Å². The van der Waals surface area contributed by atoms with Crippen molar-refractivity contribution >= 4 is 0 Å². The number of hydrogen-bond donors (Lipinski definition) is 0. The third kappa shape index (κ3) is 2.05. The van der Waals surface area contributed by atoms with Crippen LogP contribution in [0.4, 0.5) is 0 Å². The minimum Gasteiger partial charge on any atom is -0.305 e. The van der Waals surface area contributed by atoms with Crippen LogP contribution in [-0.2, 0) is 0 Å². The van der Waals surface area contributed by atoms with Crippen LogP contribution in [0.3, 0.4) is 0 Å². The SMILES string of the molecule is CC.CN1CCCC2(CCN2C)C1. The number of nitrogens with zero attached hydrogens (tertiary/aromatic N) is 2. The molecule has 2 aliphatic heterocycles. The molecule has 0 aliphatic carbocycles. The van der Waals surface area contributed by atoms with Gasteiger partial charge in [0, 0.05) is 18.6 Å². The molecule has 2 fully saturated rings. The van der Waals surface area contributed by atoms with Crippen LogP contribution >= 0.6 is 0 Å². The van der Waals surface area contributed by atoms with Gasteiger partial charge in [-0.3, -0.25) is 4.90 Å². The molecule has 1 spiro atoms. The van der Waals surface area contributed by atoms with Crippen LogP contribution in [0.25, 0.3) is 0 Å². The summed E-state index contributed by atoms with van der Waals surface area (Å²) in [5, 5.41) is 0. The van der Waals surface area contributed by atoms with E-state index in [0.717, 1.165) is 0 Å². The number of likely N-dealkylation sites (N-methyl/N-ethyl adjacent to an activating group) is 2. The van der Waals surface area contributed by atoms with Crippen molar-refractivity contribution in [2.45, 2.75) is 38.6 Å². The Morgan fingerprint density at radius 3 is 2.00 bits per heavy atom. The summed E-state index contributed by atoms with van der Waals surface area (Å²) >= 11 is 0. The molecular formula is C11H24N2. The molecule has 2 aliphatic rings. The molecule has 0 amide bonds. The molecule has 0 aromatic carbocycles. The van der Waals surface area contributed by atoms with Crippen molar-refractivity contribution in [1.29, 1.82) is 0 Å². The zero-order valence-electron chi connectivity index (χ0n) is 9.64. The monoisotopic (exact) mass is 184 g/mol. The van der Waals surface area contributed by atoms with E-state index in [1.165, 1.54) is 38.9 Å². The molecule has 78 valence electrons. The molecule has 2 nitrogen and oxygen atoms in total. The maximum atomic E-state index is 2.53. The Hall–Kier alpha value is -0.0800. The van der Waals surface area contributed by atoms with Crippen molar-refractivity contribution in [2.75, 3.05) is 33.7 Å². The minimum absolute atomic E-state index is 0.590. The second-order valence-electron chi connectivity index (χ2n) is 4.24. The van der Waals surface area contributed by atoms with Gasteiger partial charge in [0.25, 0.3) is 0 Å². The molecule has 2 rings (SSSR count). The van der Waals surface area contributed by atoms with E-state index >= 15 is 0 Å².